The monoisotopic (exact) mass is 191 g/mol. The summed E-state index contributed by atoms with van der Waals surface area (Å²) in [6.07, 6.45) is 0.417. The van der Waals surface area contributed by atoms with Gasteiger partial charge in [-0.1, -0.05) is 0 Å². The minimum Gasteiger partial charge on any atom is -0.362 e. The molecule has 2 heteroatoms. The fourth-order valence-electron chi connectivity index (χ4n) is 2.28. The summed E-state index contributed by atoms with van der Waals surface area (Å²) in [4.78, 5) is 0. The summed E-state index contributed by atoms with van der Waals surface area (Å²) in [7, 11) is -1.14. The normalized spacial score (nSPS) is 13.5. The van der Waals surface area contributed by atoms with Crippen molar-refractivity contribution in [3.05, 3.63) is 0 Å². The molecular formula is C10H24OP+. The number of hydrogen-bond acceptors (Lipinski definition) is 1. The fourth-order valence-corrected chi connectivity index (χ4v) is 6.84. The Morgan fingerprint density at radius 2 is 1.08 bits per heavy atom. The zero-order valence-electron chi connectivity index (χ0n) is 9.33. The average molecular weight is 191 g/mol. The van der Waals surface area contributed by atoms with Gasteiger partial charge in [0.05, 0.1) is 17.0 Å². The summed E-state index contributed by atoms with van der Waals surface area (Å²) >= 11 is 0. The van der Waals surface area contributed by atoms with Gasteiger partial charge in [-0.05, 0) is 41.5 Å². The van der Waals surface area contributed by atoms with E-state index in [1.807, 2.05) is 0 Å². The minimum absolute atomic E-state index is 0.417. The molecule has 0 aromatic carbocycles. The summed E-state index contributed by atoms with van der Waals surface area (Å²) in [6.45, 7) is 13.5. The van der Waals surface area contributed by atoms with E-state index in [9.17, 15) is 5.11 Å². The summed E-state index contributed by atoms with van der Waals surface area (Å²) < 4.78 is 0. The molecule has 1 nitrogen and oxygen atoms in total. The smallest absolute Gasteiger partial charge is 0.154 e. The van der Waals surface area contributed by atoms with E-state index in [0.29, 0.717) is 23.3 Å². The molecule has 0 aliphatic rings. The maximum atomic E-state index is 9.54. The average Bonchev–Trinajstić information content (AvgIpc) is 1.86. The fraction of sp³-hybridized carbons (Fsp3) is 1.00. The summed E-state index contributed by atoms with van der Waals surface area (Å²) in [5.74, 6) is 0. The third kappa shape index (κ3) is 2.00. The molecule has 0 bridgehead atoms. The van der Waals surface area contributed by atoms with E-state index in [4.69, 9.17) is 0 Å². The third-order valence-electron chi connectivity index (χ3n) is 3.13. The van der Waals surface area contributed by atoms with Crippen molar-refractivity contribution in [1.29, 1.82) is 0 Å². The van der Waals surface area contributed by atoms with E-state index >= 15 is 0 Å². The molecular weight excluding hydrogens is 167 g/mol. The number of aliphatic hydroxyl groups is 1. The molecule has 0 aliphatic carbocycles. The molecule has 0 fully saturated rings. The Morgan fingerprint density at radius 3 is 1.08 bits per heavy atom. The molecule has 0 aromatic rings. The van der Waals surface area contributed by atoms with E-state index in [1.54, 1.807) is 0 Å². The second-order valence-electron chi connectivity index (χ2n) is 4.42. The molecule has 0 amide bonds. The molecule has 0 saturated carbocycles. The van der Waals surface area contributed by atoms with Crippen molar-refractivity contribution >= 4 is 7.26 Å². The van der Waals surface area contributed by atoms with Crippen LogP contribution in [0, 0.1) is 0 Å². The summed E-state index contributed by atoms with van der Waals surface area (Å²) in [6, 6.07) is 0. The Kier molecular flexibility index (Phi) is 4.73. The predicted octanol–water partition coefficient (Wildman–Crippen LogP) is 3.18. The van der Waals surface area contributed by atoms with Crippen LogP contribution in [-0.4, -0.2) is 28.4 Å². The Hall–Kier alpha value is 0.390. The van der Waals surface area contributed by atoms with Crippen LogP contribution in [0.15, 0.2) is 0 Å². The molecule has 0 saturated heterocycles. The highest BCUT2D eigenvalue weighted by molar-refractivity contribution is 7.77. The van der Waals surface area contributed by atoms with Crippen LogP contribution in [0.5, 0.6) is 0 Å². The highest BCUT2D eigenvalue weighted by atomic mass is 31.2. The summed E-state index contributed by atoms with van der Waals surface area (Å²) in [5.41, 5.74) is 1.97. The van der Waals surface area contributed by atoms with E-state index in [0.717, 1.165) is 0 Å². The van der Waals surface area contributed by atoms with Crippen LogP contribution in [0.4, 0.5) is 0 Å². The van der Waals surface area contributed by atoms with Gasteiger partial charge in [0.15, 0.2) is 6.35 Å². The van der Waals surface area contributed by atoms with Gasteiger partial charge in [0, 0.05) is 7.26 Å². The first-order valence-electron chi connectivity index (χ1n) is 4.87. The van der Waals surface area contributed by atoms with Gasteiger partial charge < -0.3 is 5.11 Å². The first-order chi connectivity index (χ1) is 5.39. The van der Waals surface area contributed by atoms with Gasteiger partial charge in [-0.3, -0.25) is 0 Å². The second-order valence-corrected chi connectivity index (χ2v) is 9.79. The molecule has 0 rings (SSSR count). The second kappa shape index (κ2) is 4.58. The van der Waals surface area contributed by atoms with Crippen LogP contribution in [0.1, 0.15) is 41.5 Å². The first kappa shape index (κ1) is 12.4. The molecule has 0 aromatic heterocycles. The van der Waals surface area contributed by atoms with E-state index < -0.39 is 7.26 Å². The maximum absolute atomic E-state index is 9.54. The van der Waals surface area contributed by atoms with Crippen LogP contribution in [0.3, 0.4) is 0 Å². The molecule has 0 unspecified atom stereocenters. The lowest BCUT2D eigenvalue weighted by Crippen LogP contribution is -2.25. The molecule has 0 aliphatic heterocycles. The quantitative estimate of drug-likeness (QED) is 0.677. The van der Waals surface area contributed by atoms with Gasteiger partial charge in [0.1, 0.15) is 0 Å². The third-order valence-corrected chi connectivity index (χ3v) is 9.39. The lowest BCUT2D eigenvalue weighted by Gasteiger charge is -2.36. The number of hydrogen-bond donors (Lipinski definition) is 1. The zero-order chi connectivity index (χ0) is 9.94. The van der Waals surface area contributed by atoms with Gasteiger partial charge >= 0.3 is 0 Å². The SMILES string of the molecule is CC(C)[P+](CO)(C(C)C)C(C)C. The van der Waals surface area contributed by atoms with E-state index in [-0.39, 0.29) is 0 Å². The Labute approximate surface area is 77.9 Å². The van der Waals surface area contributed by atoms with Crippen molar-refractivity contribution in [2.45, 2.75) is 58.5 Å². The minimum atomic E-state index is -1.14. The molecule has 0 atom stereocenters. The number of aliphatic hydroxyl groups excluding tert-OH is 1. The van der Waals surface area contributed by atoms with E-state index in [2.05, 4.69) is 41.5 Å². The highest BCUT2D eigenvalue weighted by Crippen LogP contribution is 2.69. The molecule has 0 heterocycles. The highest BCUT2D eigenvalue weighted by Gasteiger charge is 2.46. The van der Waals surface area contributed by atoms with Crippen LogP contribution in [0.2, 0.25) is 0 Å². The van der Waals surface area contributed by atoms with Crippen LogP contribution < -0.4 is 0 Å². The van der Waals surface area contributed by atoms with Crippen molar-refractivity contribution in [2.24, 2.45) is 0 Å². The largest absolute Gasteiger partial charge is 0.362 e. The van der Waals surface area contributed by atoms with Crippen LogP contribution in [-0.2, 0) is 0 Å². The predicted molar refractivity (Wildman–Crippen MR) is 59.4 cm³/mol. The van der Waals surface area contributed by atoms with Crippen molar-refractivity contribution in [2.75, 3.05) is 6.35 Å². The van der Waals surface area contributed by atoms with Gasteiger partial charge in [-0.15, -0.1) is 0 Å². The lowest BCUT2D eigenvalue weighted by molar-refractivity contribution is 0.362. The Morgan fingerprint density at radius 1 is 0.833 bits per heavy atom. The molecule has 74 valence electrons. The van der Waals surface area contributed by atoms with Crippen molar-refractivity contribution < 1.29 is 5.11 Å². The topological polar surface area (TPSA) is 20.2 Å². The maximum Gasteiger partial charge on any atom is 0.154 e. The van der Waals surface area contributed by atoms with Gasteiger partial charge in [-0.25, -0.2) is 0 Å². The van der Waals surface area contributed by atoms with Crippen molar-refractivity contribution in [3.63, 3.8) is 0 Å². The van der Waals surface area contributed by atoms with Crippen molar-refractivity contribution in [1.82, 2.24) is 0 Å². The Bertz CT molecular complexity index is 108. The molecule has 0 radical (unpaired) electrons. The van der Waals surface area contributed by atoms with Gasteiger partial charge in [0.2, 0.25) is 0 Å². The van der Waals surface area contributed by atoms with Crippen LogP contribution >= 0.6 is 7.26 Å². The van der Waals surface area contributed by atoms with Crippen LogP contribution in [0.25, 0.3) is 0 Å². The first-order valence-corrected chi connectivity index (χ1v) is 7.05. The zero-order valence-corrected chi connectivity index (χ0v) is 10.2. The lowest BCUT2D eigenvalue weighted by atomic mass is 10.5. The van der Waals surface area contributed by atoms with Crippen molar-refractivity contribution in [3.8, 4) is 0 Å². The molecule has 12 heavy (non-hydrogen) atoms. The number of rotatable bonds is 4. The van der Waals surface area contributed by atoms with Gasteiger partial charge in [0.25, 0.3) is 0 Å². The van der Waals surface area contributed by atoms with E-state index in [1.165, 1.54) is 0 Å². The standard InChI is InChI=1S/C10H24OP/c1-8(2)12(7-11,9(3)4)10(5)6/h8-11H,7H2,1-6H3/q+1. The Balaban J connectivity index is 4.77. The molecule has 1 N–H and O–H groups in total. The summed E-state index contributed by atoms with van der Waals surface area (Å²) in [5, 5.41) is 9.54. The van der Waals surface area contributed by atoms with Gasteiger partial charge in [-0.2, -0.15) is 0 Å². The molecule has 0 spiro atoms.